The van der Waals surface area contributed by atoms with Crippen LogP contribution in [0.4, 0.5) is 5.69 Å². The van der Waals surface area contributed by atoms with Gasteiger partial charge < -0.3 is 5.73 Å². The zero-order chi connectivity index (χ0) is 13.3. The molecule has 1 saturated carbocycles. The van der Waals surface area contributed by atoms with Gasteiger partial charge in [-0.25, -0.2) is 8.42 Å². The number of hydrogen-bond acceptors (Lipinski definition) is 3. The molecule has 1 aliphatic rings. The van der Waals surface area contributed by atoms with Gasteiger partial charge in [-0.2, -0.15) is 4.31 Å². The maximum Gasteiger partial charge on any atom is 0.243 e. The van der Waals surface area contributed by atoms with Gasteiger partial charge in [0.2, 0.25) is 10.0 Å². The molecule has 0 spiro atoms. The summed E-state index contributed by atoms with van der Waals surface area (Å²) in [6.07, 6.45) is 3.49. The SMILES string of the molecule is C=CCN(C1CC1)S(=O)(=O)c1ccc(N)c(C)c1. The lowest BCUT2D eigenvalue weighted by atomic mass is 10.2. The van der Waals surface area contributed by atoms with Crippen LogP contribution in [0.5, 0.6) is 0 Å². The Morgan fingerprint density at radius 3 is 2.67 bits per heavy atom. The zero-order valence-corrected chi connectivity index (χ0v) is 11.3. The van der Waals surface area contributed by atoms with Crippen LogP contribution in [0.15, 0.2) is 35.7 Å². The molecule has 1 aliphatic carbocycles. The Kier molecular flexibility index (Phi) is 3.45. The minimum atomic E-state index is -3.43. The molecule has 1 fully saturated rings. The van der Waals surface area contributed by atoms with Gasteiger partial charge in [0.05, 0.1) is 4.90 Å². The van der Waals surface area contributed by atoms with E-state index in [9.17, 15) is 8.42 Å². The Hall–Kier alpha value is -1.33. The number of aryl methyl sites for hydroxylation is 1. The molecule has 0 aromatic heterocycles. The van der Waals surface area contributed by atoms with Crippen molar-refractivity contribution in [3.63, 3.8) is 0 Å². The molecule has 5 heteroatoms. The molecule has 2 N–H and O–H groups in total. The lowest BCUT2D eigenvalue weighted by Gasteiger charge is -2.20. The van der Waals surface area contributed by atoms with E-state index in [-0.39, 0.29) is 6.04 Å². The van der Waals surface area contributed by atoms with Gasteiger partial charge in [-0.1, -0.05) is 6.08 Å². The third-order valence-corrected chi connectivity index (χ3v) is 5.03. The maximum atomic E-state index is 12.5. The summed E-state index contributed by atoms with van der Waals surface area (Å²) in [5.74, 6) is 0. The van der Waals surface area contributed by atoms with Crippen LogP contribution >= 0.6 is 0 Å². The van der Waals surface area contributed by atoms with E-state index >= 15 is 0 Å². The molecule has 0 bridgehead atoms. The van der Waals surface area contributed by atoms with Crippen molar-refractivity contribution in [2.75, 3.05) is 12.3 Å². The highest BCUT2D eigenvalue weighted by Crippen LogP contribution is 2.32. The van der Waals surface area contributed by atoms with Crippen molar-refractivity contribution >= 4 is 15.7 Å². The lowest BCUT2D eigenvalue weighted by Crippen LogP contribution is -2.33. The molecule has 1 aromatic rings. The summed E-state index contributed by atoms with van der Waals surface area (Å²) >= 11 is 0. The van der Waals surface area contributed by atoms with E-state index in [4.69, 9.17) is 5.73 Å². The van der Waals surface area contributed by atoms with Crippen LogP contribution in [-0.4, -0.2) is 25.3 Å². The van der Waals surface area contributed by atoms with Gasteiger partial charge in [0.25, 0.3) is 0 Å². The first kappa shape index (κ1) is 13.1. The topological polar surface area (TPSA) is 63.4 Å². The molecule has 0 amide bonds. The van der Waals surface area contributed by atoms with Crippen molar-refractivity contribution in [3.05, 3.63) is 36.4 Å². The Morgan fingerprint density at radius 2 is 2.17 bits per heavy atom. The van der Waals surface area contributed by atoms with E-state index in [1.54, 1.807) is 24.3 Å². The van der Waals surface area contributed by atoms with Crippen molar-refractivity contribution in [1.82, 2.24) is 4.31 Å². The van der Waals surface area contributed by atoms with Crippen LogP contribution in [0, 0.1) is 6.92 Å². The summed E-state index contributed by atoms with van der Waals surface area (Å²) in [6, 6.07) is 4.96. The molecule has 0 saturated heterocycles. The highest BCUT2D eigenvalue weighted by molar-refractivity contribution is 7.89. The number of nitrogens with zero attached hydrogens (tertiary/aromatic N) is 1. The molecular weight excluding hydrogens is 248 g/mol. The third-order valence-electron chi connectivity index (χ3n) is 3.11. The van der Waals surface area contributed by atoms with Gasteiger partial charge in [-0.05, 0) is 43.5 Å². The summed E-state index contributed by atoms with van der Waals surface area (Å²) < 4.78 is 26.5. The number of sulfonamides is 1. The first-order valence-electron chi connectivity index (χ1n) is 5.95. The number of nitrogens with two attached hydrogens (primary N) is 1. The van der Waals surface area contributed by atoms with Gasteiger partial charge in [0, 0.05) is 18.3 Å². The van der Waals surface area contributed by atoms with Crippen LogP contribution in [0.3, 0.4) is 0 Å². The smallest absolute Gasteiger partial charge is 0.243 e. The van der Waals surface area contributed by atoms with Crippen molar-refractivity contribution in [2.45, 2.75) is 30.7 Å². The summed E-state index contributed by atoms with van der Waals surface area (Å²) in [6.45, 7) is 5.79. The van der Waals surface area contributed by atoms with E-state index < -0.39 is 10.0 Å². The Labute approximate surface area is 108 Å². The van der Waals surface area contributed by atoms with Gasteiger partial charge in [0.1, 0.15) is 0 Å². The highest BCUT2D eigenvalue weighted by Gasteiger charge is 2.37. The van der Waals surface area contributed by atoms with E-state index in [1.165, 1.54) is 4.31 Å². The van der Waals surface area contributed by atoms with Crippen molar-refractivity contribution in [3.8, 4) is 0 Å². The Morgan fingerprint density at radius 1 is 1.50 bits per heavy atom. The van der Waals surface area contributed by atoms with Crippen molar-refractivity contribution in [2.24, 2.45) is 0 Å². The van der Waals surface area contributed by atoms with Gasteiger partial charge >= 0.3 is 0 Å². The van der Waals surface area contributed by atoms with Crippen LogP contribution in [0.1, 0.15) is 18.4 Å². The van der Waals surface area contributed by atoms with E-state index in [2.05, 4.69) is 6.58 Å². The van der Waals surface area contributed by atoms with E-state index in [1.807, 2.05) is 6.92 Å². The molecular formula is C13H18N2O2S. The monoisotopic (exact) mass is 266 g/mol. The van der Waals surface area contributed by atoms with Crippen LogP contribution in [-0.2, 0) is 10.0 Å². The molecule has 0 aliphatic heterocycles. The summed E-state index contributed by atoms with van der Waals surface area (Å²) in [4.78, 5) is 0.308. The number of benzene rings is 1. The first-order chi connectivity index (χ1) is 8.46. The fraction of sp³-hybridized carbons (Fsp3) is 0.385. The van der Waals surface area contributed by atoms with Crippen LogP contribution < -0.4 is 5.73 Å². The second kappa shape index (κ2) is 4.74. The van der Waals surface area contributed by atoms with Gasteiger partial charge in [-0.3, -0.25) is 0 Å². The maximum absolute atomic E-state index is 12.5. The molecule has 4 nitrogen and oxygen atoms in total. The molecule has 2 rings (SSSR count). The third kappa shape index (κ3) is 2.42. The summed E-state index contributed by atoms with van der Waals surface area (Å²) in [5.41, 5.74) is 7.10. The van der Waals surface area contributed by atoms with Gasteiger partial charge in [0.15, 0.2) is 0 Å². The number of hydrogen-bond donors (Lipinski definition) is 1. The number of anilines is 1. The number of nitrogen functional groups attached to an aromatic ring is 1. The van der Waals surface area contributed by atoms with E-state index in [0.29, 0.717) is 17.1 Å². The van der Waals surface area contributed by atoms with Crippen molar-refractivity contribution < 1.29 is 8.42 Å². The summed E-state index contributed by atoms with van der Waals surface area (Å²) in [5, 5.41) is 0. The van der Waals surface area contributed by atoms with Gasteiger partial charge in [-0.15, -0.1) is 6.58 Å². The fourth-order valence-electron chi connectivity index (χ4n) is 1.88. The Balaban J connectivity index is 2.39. The average Bonchev–Trinajstić information content (AvgIpc) is 3.13. The Bertz CT molecular complexity index is 562. The summed E-state index contributed by atoms with van der Waals surface area (Å²) in [7, 11) is -3.43. The predicted molar refractivity (Wildman–Crippen MR) is 72.7 cm³/mol. The van der Waals surface area contributed by atoms with E-state index in [0.717, 1.165) is 18.4 Å². The fourth-order valence-corrected chi connectivity index (χ4v) is 3.62. The second-order valence-electron chi connectivity index (χ2n) is 4.61. The van der Waals surface area contributed by atoms with Crippen LogP contribution in [0.25, 0.3) is 0 Å². The average molecular weight is 266 g/mol. The normalized spacial score (nSPS) is 15.9. The molecule has 1 aromatic carbocycles. The van der Waals surface area contributed by atoms with Crippen molar-refractivity contribution in [1.29, 1.82) is 0 Å². The zero-order valence-electron chi connectivity index (χ0n) is 10.5. The largest absolute Gasteiger partial charge is 0.399 e. The molecule has 0 heterocycles. The quantitative estimate of drug-likeness (QED) is 0.654. The molecule has 0 radical (unpaired) electrons. The first-order valence-corrected chi connectivity index (χ1v) is 7.39. The molecule has 0 atom stereocenters. The molecule has 98 valence electrons. The standard InChI is InChI=1S/C13H18N2O2S/c1-3-8-15(11-4-5-11)18(16,17)12-6-7-13(14)10(2)9-12/h3,6-7,9,11H,1,4-5,8,14H2,2H3. The second-order valence-corrected chi connectivity index (χ2v) is 6.50. The lowest BCUT2D eigenvalue weighted by molar-refractivity contribution is 0.436. The predicted octanol–water partition coefficient (Wildman–Crippen LogP) is 1.92. The molecule has 18 heavy (non-hydrogen) atoms. The minimum absolute atomic E-state index is 0.130. The molecule has 0 unspecified atom stereocenters. The number of rotatable bonds is 5. The highest BCUT2D eigenvalue weighted by atomic mass is 32.2. The van der Waals surface area contributed by atoms with Crippen LogP contribution in [0.2, 0.25) is 0 Å². The minimum Gasteiger partial charge on any atom is -0.399 e.